The zero-order valence-electron chi connectivity index (χ0n) is 10.1. The van der Waals surface area contributed by atoms with Gasteiger partial charge in [-0.1, -0.05) is 0 Å². The fourth-order valence-corrected chi connectivity index (χ4v) is 2.91. The SMILES string of the molecule is Cc1cc(N)cc2nc(-c3cc(I)ccc3Br)oc12. The van der Waals surface area contributed by atoms with E-state index < -0.39 is 0 Å². The Morgan fingerprint density at radius 3 is 2.84 bits per heavy atom. The van der Waals surface area contributed by atoms with Crippen LogP contribution in [0.25, 0.3) is 22.6 Å². The van der Waals surface area contributed by atoms with Crippen molar-refractivity contribution in [3.63, 3.8) is 0 Å². The molecule has 0 atom stereocenters. The summed E-state index contributed by atoms with van der Waals surface area (Å²) >= 11 is 5.80. The Morgan fingerprint density at radius 1 is 1.26 bits per heavy atom. The van der Waals surface area contributed by atoms with E-state index in [-0.39, 0.29) is 0 Å². The smallest absolute Gasteiger partial charge is 0.228 e. The minimum absolute atomic E-state index is 0.606. The monoisotopic (exact) mass is 428 g/mol. The van der Waals surface area contributed by atoms with Crippen molar-refractivity contribution >= 4 is 55.3 Å². The topological polar surface area (TPSA) is 52.0 Å². The Bertz CT molecular complexity index is 782. The van der Waals surface area contributed by atoms with Crippen molar-refractivity contribution in [2.75, 3.05) is 5.73 Å². The normalized spacial score (nSPS) is 11.1. The summed E-state index contributed by atoms with van der Waals surface area (Å²) < 4.78 is 7.97. The van der Waals surface area contributed by atoms with Gasteiger partial charge in [-0.3, -0.25) is 0 Å². The number of oxazole rings is 1. The fraction of sp³-hybridized carbons (Fsp3) is 0.0714. The van der Waals surface area contributed by atoms with E-state index in [1.165, 1.54) is 0 Å². The Kier molecular flexibility index (Phi) is 3.26. The highest BCUT2D eigenvalue weighted by atomic mass is 127. The number of nitrogens with zero attached hydrogens (tertiary/aromatic N) is 1. The number of benzene rings is 2. The van der Waals surface area contributed by atoms with Crippen molar-refractivity contribution in [2.45, 2.75) is 6.92 Å². The summed E-state index contributed by atoms with van der Waals surface area (Å²) in [4.78, 5) is 4.53. The Balaban J connectivity index is 2.26. The molecule has 0 aliphatic rings. The number of anilines is 1. The van der Waals surface area contributed by atoms with E-state index in [9.17, 15) is 0 Å². The van der Waals surface area contributed by atoms with Gasteiger partial charge in [0.25, 0.3) is 0 Å². The zero-order valence-corrected chi connectivity index (χ0v) is 13.8. The lowest BCUT2D eigenvalue weighted by Gasteiger charge is -2.00. The van der Waals surface area contributed by atoms with Gasteiger partial charge in [0.1, 0.15) is 5.52 Å². The molecule has 19 heavy (non-hydrogen) atoms. The van der Waals surface area contributed by atoms with Crippen molar-refractivity contribution in [1.29, 1.82) is 0 Å². The molecule has 0 aliphatic carbocycles. The number of rotatable bonds is 1. The Hall–Kier alpha value is -1.08. The molecule has 3 rings (SSSR count). The molecule has 0 spiro atoms. The lowest BCUT2D eigenvalue weighted by Crippen LogP contribution is -1.85. The van der Waals surface area contributed by atoms with Crippen LogP contribution in [0.1, 0.15) is 5.56 Å². The minimum atomic E-state index is 0.606. The van der Waals surface area contributed by atoms with Gasteiger partial charge in [-0.2, -0.15) is 0 Å². The van der Waals surface area contributed by atoms with Gasteiger partial charge in [0.2, 0.25) is 5.89 Å². The van der Waals surface area contributed by atoms with Gasteiger partial charge in [0.15, 0.2) is 5.58 Å². The Labute approximate surface area is 132 Å². The van der Waals surface area contributed by atoms with Crippen molar-refractivity contribution in [2.24, 2.45) is 0 Å². The van der Waals surface area contributed by atoms with Crippen LogP contribution in [0.3, 0.4) is 0 Å². The number of fused-ring (bicyclic) bond motifs is 1. The summed E-state index contributed by atoms with van der Waals surface area (Å²) in [6.07, 6.45) is 0. The first-order valence-electron chi connectivity index (χ1n) is 5.66. The second kappa shape index (κ2) is 4.79. The van der Waals surface area contributed by atoms with Crippen LogP contribution >= 0.6 is 38.5 Å². The van der Waals surface area contributed by atoms with Gasteiger partial charge >= 0.3 is 0 Å². The lowest BCUT2D eigenvalue weighted by molar-refractivity contribution is 0.617. The molecule has 1 aromatic heterocycles. The van der Waals surface area contributed by atoms with Crippen LogP contribution in [-0.2, 0) is 0 Å². The molecule has 0 saturated carbocycles. The average molecular weight is 429 g/mol. The third-order valence-corrected chi connectivity index (χ3v) is 4.22. The number of aromatic nitrogens is 1. The molecule has 96 valence electrons. The third-order valence-electron chi connectivity index (χ3n) is 2.86. The predicted octanol–water partition coefficient (Wildman–Crippen LogP) is 4.75. The van der Waals surface area contributed by atoms with Crippen molar-refractivity contribution in [3.8, 4) is 11.5 Å². The standard InChI is InChI=1S/C14H10BrIN2O/c1-7-4-9(17)6-12-13(7)19-14(18-12)10-5-8(16)2-3-11(10)15/h2-6H,17H2,1H3. The zero-order chi connectivity index (χ0) is 13.6. The highest BCUT2D eigenvalue weighted by Crippen LogP contribution is 2.33. The summed E-state index contributed by atoms with van der Waals surface area (Å²) in [5, 5.41) is 0. The van der Waals surface area contributed by atoms with Crippen LogP contribution in [0.4, 0.5) is 5.69 Å². The van der Waals surface area contributed by atoms with Crippen LogP contribution in [0.15, 0.2) is 39.2 Å². The van der Waals surface area contributed by atoms with Gasteiger partial charge in [-0.05, 0) is 81.3 Å². The molecule has 3 nitrogen and oxygen atoms in total. The second-order valence-electron chi connectivity index (χ2n) is 4.33. The summed E-state index contributed by atoms with van der Waals surface area (Å²) in [7, 11) is 0. The van der Waals surface area contributed by atoms with Gasteiger partial charge in [0, 0.05) is 13.7 Å². The van der Waals surface area contributed by atoms with Gasteiger partial charge in [-0.15, -0.1) is 0 Å². The first-order valence-corrected chi connectivity index (χ1v) is 7.54. The average Bonchev–Trinajstić information content (AvgIpc) is 2.76. The molecule has 3 aromatic rings. The van der Waals surface area contributed by atoms with E-state index >= 15 is 0 Å². The van der Waals surface area contributed by atoms with Crippen molar-refractivity contribution < 1.29 is 4.42 Å². The molecule has 0 bridgehead atoms. The third kappa shape index (κ3) is 2.36. The fourth-order valence-electron chi connectivity index (χ4n) is 2.00. The van der Waals surface area contributed by atoms with Crippen LogP contribution in [0.2, 0.25) is 0 Å². The minimum Gasteiger partial charge on any atom is -0.436 e. The molecule has 5 heteroatoms. The maximum atomic E-state index is 5.88. The number of nitrogen functional groups attached to an aromatic ring is 1. The molecule has 2 aromatic carbocycles. The molecule has 2 N–H and O–H groups in total. The van der Waals surface area contributed by atoms with Crippen LogP contribution in [0, 0.1) is 10.5 Å². The number of halogens is 2. The quantitative estimate of drug-likeness (QED) is 0.449. The lowest BCUT2D eigenvalue weighted by atomic mass is 10.2. The molecule has 1 heterocycles. The summed E-state index contributed by atoms with van der Waals surface area (Å²) in [5.74, 6) is 0.606. The Morgan fingerprint density at radius 2 is 2.05 bits per heavy atom. The first-order chi connectivity index (χ1) is 9.04. The van der Waals surface area contributed by atoms with E-state index in [0.29, 0.717) is 11.6 Å². The van der Waals surface area contributed by atoms with E-state index in [4.69, 9.17) is 10.2 Å². The maximum absolute atomic E-state index is 5.88. The predicted molar refractivity (Wildman–Crippen MR) is 89.0 cm³/mol. The number of hydrogen-bond donors (Lipinski definition) is 1. The largest absolute Gasteiger partial charge is 0.436 e. The van der Waals surface area contributed by atoms with E-state index in [1.807, 2.05) is 37.3 Å². The molecule has 0 saturated heterocycles. The molecule has 0 aliphatic heterocycles. The second-order valence-corrected chi connectivity index (χ2v) is 6.43. The highest BCUT2D eigenvalue weighted by Gasteiger charge is 2.13. The molecule has 0 radical (unpaired) electrons. The first kappa shape index (κ1) is 12.9. The van der Waals surface area contributed by atoms with E-state index in [2.05, 4.69) is 43.5 Å². The summed E-state index contributed by atoms with van der Waals surface area (Å²) in [5.41, 5.74) is 10.1. The van der Waals surface area contributed by atoms with Gasteiger partial charge in [0.05, 0.1) is 5.56 Å². The molecule has 0 fully saturated rings. The molecule has 0 amide bonds. The molecule has 0 unspecified atom stereocenters. The van der Waals surface area contributed by atoms with Crippen LogP contribution in [-0.4, -0.2) is 4.98 Å². The van der Waals surface area contributed by atoms with Crippen molar-refractivity contribution in [3.05, 3.63) is 43.9 Å². The van der Waals surface area contributed by atoms with E-state index in [0.717, 1.165) is 30.3 Å². The van der Waals surface area contributed by atoms with Gasteiger partial charge in [-0.25, -0.2) is 4.98 Å². The van der Waals surface area contributed by atoms with E-state index in [1.54, 1.807) is 0 Å². The van der Waals surface area contributed by atoms with Crippen molar-refractivity contribution in [1.82, 2.24) is 4.98 Å². The van der Waals surface area contributed by atoms with Crippen LogP contribution in [0.5, 0.6) is 0 Å². The number of aryl methyl sites for hydroxylation is 1. The molecular formula is C14H10BrIN2O. The molecular weight excluding hydrogens is 419 g/mol. The highest BCUT2D eigenvalue weighted by molar-refractivity contribution is 14.1. The number of hydrogen-bond acceptors (Lipinski definition) is 3. The van der Waals surface area contributed by atoms with Gasteiger partial charge < -0.3 is 10.2 Å². The summed E-state index contributed by atoms with van der Waals surface area (Å²) in [6, 6.07) is 9.78. The van der Waals surface area contributed by atoms with Crippen LogP contribution < -0.4 is 5.73 Å². The number of nitrogens with two attached hydrogens (primary N) is 1. The summed E-state index contributed by atoms with van der Waals surface area (Å²) in [6.45, 7) is 1.97. The maximum Gasteiger partial charge on any atom is 0.228 e.